The molecule has 0 aliphatic carbocycles. The maximum Gasteiger partial charge on any atom is 0.129 e. The summed E-state index contributed by atoms with van der Waals surface area (Å²) in [7, 11) is 0. The number of benzene rings is 2. The first-order valence-corrected chi connectivity index (χ1v) is 6.54. The zero-order valence-electron chi connectivity index (χ0n) is 10.9. The van der Waals surface area contributed by atoms with E-state index in [0.717, 1.165) is 11.1 Å². The number of aliphatic hydroxyl groups excluding tert-OH is 2. The molecule has 4 nitrogen and oxygen atoms in total. The summed E-state index contributed by atoms with van der Waals surface area (Å²) < 4.78 is 10.9. The molecule has 1 aliphatic rings. The van der Waals surface area contributed by atoms with Gasteiger partial charge in [-0.3, -0.25) is 0 Å². The third kappa shape index (κ3) is 2.61. The molecular formula is C16H16O4. The van der Waals surface area contributed by atoms with Crippen LogP contribution in [-0.4, -0.2) is 23.4 Å². The predicted octanol–water partition coefficient (Wildman–Crippen LogP) is 2.22. The Morgan fingerprint density at radius 2 is 2.00 bits per heavy atom. The number of rotatable bonds is 4. The van der Waals surface area contributed by atoms with Gasteiger partial charge in [0.25, 0.3) is 0 Å². The standard InChI is InChI=1S/C16H16O4/c17-14(11-4-2-1-3-5-11)9-19-12-6-7-13-15(18)10-20-16(13)8-12/h1-8,14-15,17-18H,9-10H2. The molecule has 104 valence electrons. The van der Waals surface area contributed by atoms with Crippen molar-refractivity contribution in [1.82, 2.24) is 0 Å². The Morgan fingerprint density at radius 3 is 2.80 bits per heavy atom. The van der Waals surface area contributed by atoms with Crippen LogP contribution in [0.2, 0.25) is 0 Å². The van der Waals surface area contributed by atoms with Gasteiger partial charge in [0, 0.05) is 11.6 Å². The van der Waals surface area contributed by atoms with Crippen molar-refractivity contribution in [2.75, 3.05) is 13.2 Å². The minimum absolute atomic E-state index is 0.172. The van der Waals surface area contributed by atoms with Crippen molar-refractivity contribution in [2.45, 2.75) is 12.2 Å². The fourth-order valence-electron chi connectivity index (χ4n) is 2.21. The first-order valence-electron chi connectivity index (χ1n) is 6.54. The number of aliphatic hydroxyl groups is 2. The molecule has 20 heavy (non-hydrogen) atoms. The van der Waals surface area contributed by atoms with E-state index in [-0.39, 0.29) is 13.2 Å². The molecule has 0 amide bonds. The zero-order chi connectivity index (χ0) is 13.9. The van der Waals surface area contributed by atoms with Crippen molar-refractivity contribution in [3.05, 3.63) is 59.7 Å². The second-order valence-electron chi connectivity index (χ2n) is 4.76. The van der Waals surface area contributed by atoms with Gasteiger partial charge < -0.3 is 19.7 Å². The van der Waals surface area contributed by atoms with E-state index in [4.69, 9.17) is 9.47 Å². The van der Waals surface area contributed by atoms with Crippen LogP contribution >= 0.6 is 0 Å². The summed E-state index contributed by atoms with van der Waals surface area (Å²) in [5, 5.41) is 19.7. The van der Waals surface area contributed by atoms with Crippen molar-refractivity contribution in [2.24, 2.45) is 0 Å². The molecule has 2 aromatic carbocycles. The Bertz CT molecular complexity index is 582. The molecule has 0 saturated heterocycles. The van der Waals surface area contributed by atoms with Gasteiger partial charge in [0.15, 0.2) is 0 Å². The summed E-state index contributed by atoms with van der Waals surface area (Å²) in [5.74, 6) is 1.26. The molecule has 0 aromatic heterocycles. The fourth-order valence-corrected chi connectivity index (χ4v) is 2.21. The Labute approximate surface area is 117 Å². The van der Waals surface area contributed by atoms with Crippen molar-refractivity contribution < 1.29 is 19.7 Å². The maximum atomic E-state index is 10.0. The molecule has 0 spiro atoms. The van der Waals surface area contributed by atoms with E-state index >= 15 is 0 Å². The second-order valence-corrected chi connectivity index (χ2v) is 4.76. The van der Waals surface area contributed by atoms with E-state index in [9.17, 15) is 10.2 Å². The van der Waals surface area contributed by atoms with Gasteiger partial charge in [-0.15, -0.1) is 0 Å². The highest BCUT2D eigenvalue weighted by Gasteiger charge is 2.22. The third-order valence-electron chi connectivity index (χ3n) is 3.33. The highest BCUT2D eigenvalue weighted by molar-refractivity contribution is 5.44. The maximum absolute atomic E-state index is 10.0. The summed E-state index contributed by atoms with van der Waals surface area (Å²) in [6, 6.07) is 14.7. The summed E-state index contributed by atoms with van der Waals surface area (Å²) in [5.41, 5.74) is 1.60. The number of hydrogen-bond donors (Lipinski definition) is 2. The minimum Gasteiger partial charge on any atom is -0.490 e. The average molecular weight is 272 g/mol. The lowest BCUT2D eigenvalue weighted by Gasteiger charge is -2.13. The van der Waals surface area contributed by atoms with Crippen LogP contribution in [0.15, 0.2) is 48.5 Å². The molecule has 2 unspecified atom stereocenters. The summed E-state index contributed by atoms with van der Waals surface area (Å²) in [6.45, 7) is 0.455. The Balaban J connectivity index is 1.64. The van der Waals surface area contributed by atoms with Crippen LogP contribution in [0.5, 0.6) is 11.5 Å². The van der Waals surface area contributed by atoms with E-state index in [0.29, 0.717) is 11.5 Å². The van der Waals surface area contributed by atoms with Gasteiger partial charge in [0.05, 0.1) is 0 Å². The van der Waals surface area contributed by atoms with Gasteiger partial charge in [0.1, 0.15) is 36.9 Å². The summed E-state index contributed by atoms with van der Waals surface area (Å²) >= 11 is 0. The SMILES string of the molecule is OC(COc1ccc2c(c1)OCC2O)c1ccccc1. The normalized spacial score (nSPS) is 18.2. The zero-order valence-corrected chi connectivity index (χ0v) is 10.9. The van der Waals surface area contributed by atoms with Gasteiger partial charge in [-0.05, 0) is 17.7 Å². The molecule has 2 aromatic rings. The largest absolute Gasteiger partial charge is 0.490 e. The molecule has 3 rings (SSSR count). The van der Waals surface area contributed by atoms with Crippen LogP contribution in [-0.2, 0) is 0 Å². The summed E-state index contributed by atoms with van der Waals surface area (Å²) in [6.07, 6.45) is -1.23. The minimum atomic E-state index is -0.670. The lowest BCUT2D eigenvalue weighted by atomic mass is 10.1. The first kappa shape index (κ1) is 13.0. The number of hydrogen-bond acceptors (Lipinski definition) is 4. The molecule has 0 fully saturated rings. The van der Waals surface area contributed by atoms with Crippen LogP contribution in [0.1, 0.15) is 23.3 Å². The van der Waals surface area contributed by atoms with Gasteiger partial charge in [0.2, 0.25) is 0 Å². The van der Waals surface area contributed by atoms with Gasteiger partial charge in [-0.2, -0.15) is 0 Å². The lowest BCUT2D eigenvalue weighted by Crippen LogP contribution is -2.09. The highest BCUT2D eigenvalue weighted by Crippen LogP contribution is 2.35. The van der Waals surface area contributed by atoms with Gasteiger partial charge >= 0.3 is 0 Å². The molecule has 2 atom stereocenters. The Hall–Kier alpha value is -2.04. The predicted molar refractivity (Wildman–Crippen MR) is 73.8 cm³/mol. The van der Waals surface area contributed by atoms with Crippen LogP contribution in [0.25, 0.3) is 0 Å². The van der Waals surface area contributed by atoms with Crippen molar-refractivity contribution in [3.8, 4) is 11.5 Å². The van der Waals surface area contributed by atoms with Crippen molar-refractivity contribution >= 4 is 0 Å². The van der Waals surface area contributed by atoms with E-state index < -0.39 is 12.2 Å². The van der Waals surface area contributed by atoms with Crippen molar-refractivity contribution in [1.29, 1.82) is 0 Å². The van der Waals surface area contributed by atoms with E-state index in [1.54, 1.807) is 18.2 Å². The van der Waals surface area contributed by atoms with Crippen LogP contribution in [0.4, 0.5) is 0 Å². The molecule has 0 bridgehead atoms. The number of fused-ring (bicyclic) bond motifs is 1. The molecule has 1 aliphatic heterocycles. The first-order chi connectivity index (χ1) is 9.74. The summed E-state index contributed by atoms with van der Waals surface area (Å²) in [4.78, 5) is 0. The quantitative estimate of drug-likeness (QED) is 0.896. The smallest absolute Gasteiger partial charge is 0.129 e. The molecule has 0 saturated carbocycles. The monoisotopic (exact) mass is 272 g/mol. The topological polar surface area (TPSA) is 58.9 Å². The number of ether oxygens (including phenoxy) is 2. The highest BCUT2D eigenvalue weighted by atomic mass is 16.5. The van der Waals surface area contributed by atoms with Crippen LogP contribution in [0, 0.1) is 0 Å². The molecule has 0 radical (unpaired) electrons. The Kier molecular flexibility index (Phi) is 3.58. The fraction of sp³-hybridized carbons (Fsp3) is 0.250. The van der Waals surface area contributed by atoms with E-state index in [1.165, 1.54) is 0 Å². The third-order valence-corrected chi connectivity index (χ3v) is 3.33. The Morgan fingerprint density at radius 1 is 1.20 bits per heavy atom. The second kappa shape index (κ2) is 5.53. The van der Waals surface area contributed by atoms with Crippen LogP contribution < -0.4 is 9.47 Å². The van der Waals surface area contributed by atoms with Gasteiger partial charge in [-0.25, -0.2) is 0 Å². The average Bonchev–Trinajstić information content (AvgIpc) is 2.87. The lowest BCUT2D eigenvalue weighted by molar-refractivity contribution is 0.108. The van der Waals surface area contributed by atoms with E-state index in [2.05, 4.69) is 0 Å². The molecule has 2 N–H and O–H groups in total. The van der Waals surface area contributed by atoms with Gasteiger partial charge in [-0.1, -0.05) is 30.3 Å². The van der Waals surface area contributed by atoms with Crippen LogP contribution in [0.3, 0.4) is 0 Å². The molecule has 1 heterocycles. The van der Waals surface area contributed by atoms with E-state index in [1.807, 2.05) is 30.3 Å². The van der Waals surface area contributed by atoms with Crippen molar-refractivity contribution in [3.63, 3.8) is 0 Å². The molecular weight excluding hydrogens is 256 g/mol. The molecule has 4 heteroatoms.